The average Bonchev–Trinajstić information content (AvgIpc) is 3.77. The number of carbonyl (C=O) groups is 4. The van der Waals surface area contributed by atoms with E-state index < -0.39 is 71.3 Å². The predicted octanol–water partition coefficient (Wildman–Crippen LogP) is 4.43. The van der Waals surface area contributed by atoms with E-state index in [0.29, 0.717) is 22.6 Å². The van der Waals surface area contributed by atoms with Gasteiger partial charge < -0.3 is 9.47 Å². The number of benzene rings is 4. The molecule has 4 aromatic rings. The van der Waals surface area contributed by atoms with Crippen molar-refractivity contribution in [3.8, 4) is 11.5 Å². The van der Waals surface area contributed by atoms with Gasteiger partial charge in [-0.2, -0.15) is 0 Å². The molecule has 0 spiro atoms. The fourth-order valence-corrected chi connectivity index (χ4v) is 7.79. The first kappa shape index (κ1) is 29.9. The summed E-state index contributed by atoms with van der Waals surface area (Å²) < 4.78 is 38.5. The molecule has 6 atom stereocenters. The number of hydrogen-bond acceptors (Lipinski definition) is 8. The highest BCUT2D eigenvalue weighted by molar-refractivity contribution is 6.26. The first-order valence-electron chi connectivity index (χ1n) is 15.3. The molecule has 4 saturated heterocycles. The Morgan fingerprint density at radius 1 is 0.458 bits per heavy atom. The maximum absolute atomic E-state index is 14.5. The van der Waals surface area contributed by atoms with Crippen LogP contribution in [0.2, 0.25) is 0 Å². The van der Waals surface area contributed by atoms with Gasteiger partial charge in [0, 0.05) is 0 Å². The second kappa shape index (κ2) is 11.1. The van der Waals surface area contributed by atoms with E-state index in [4.69, 9.17) is 9.47 Å². The first-order chi connectivity index (χ1) is 23.2. The van der Waals surface area contributed by atoms with Gasteiger partial charge in [-0.15, -0.1) is 0 Å². The van der Waals surface area contributed by atoms with Gasteiger partial charge in [0.1, 0.15) is 35.2 Å². The van der Waals surface area contributed by atoms with E-state index in [9.17, 15) is 28.0 Å². The van der Waals surface area contributed by atoms with Gasteiger partial charge in [-0.25, -0.2) is 28.6 Å². The number of halogens is 2. The Labute approximate surface area is 273 Å². The van der Waals surface area contributed by atoms with Crippen molar-refractivity contribution in [1.29, 1.82) is 0 Å². The minimum Gasteiger partial charge on any atom is -0.497 e. The standard InChI is InChI=1S/C36H28F2N4O6/c1-47-25-15-3-19(4-16-25)29-27-31(35(45)39(33(27)43)23-11-7-21(37)8-12-23)42-30(20-5-17-26(48-2)18-6-20)28-32(41(29)42)36(46)40(34(28)44)24-13-9-22(38)10-14-24/h3-18,27-32H,1-2H3. The summed E-state index contributed by atoms with van der Waals surface area (Å²) in [6.07, 6.45) is 0. The van der Waals surface area contributed by atoms with Crippen LogP contribution in [-0.4, -0.2) is 59.9 Å². The normalized spacial score (nSPS) is 26.7. The average molecular weight is 651 g/mol. The van der Waals surface area contributed by atoms with E-state index in [0.717, 1.165) is 9.80 Å². The van der Waals surface area contributed by atoms with Crippen molar-refractivity contribution in [2.24, 2.45) is 11.8 Å². The predicted molar refractivity (Wildman–Crippen MR) is 167 cm³/mol. The minimum atomic E-state index is -1.09. The first-order valence-corrected chi connectivity index (χ1v) is 15.3. The summed E-state index contributed by atoms with van der Waals surface area (Å²) in [6.45, 7) is 0. The zero-order valence-corrected chi connectivity index (χ0v) is 25.7. The van der Waals surface area contributed by atoms with Gasteiger partial charge in [-0.05, 0) is 83.9 Å². The van der Waals surface area contributed by atoms with Crippen LogP contribution in [0.5, 0.6) is 11.5 Å². The van der Waals surface area contributed by atoms with Crippen LogP contribution in [0.15, 0.2) is 97.1 Å². The Bertz CT molecular complexity index is 1810. The van der Waals surface area contributed by atoms with E-state index in [1.54, 1.807) is 58.5 Å². The number of ether oxygens (including phenoxy) is 2. The molecule has 242 valence electrons. The highest BCUT2D eigenvalue weighted by atomic mass is 19.1. The van der Waals surface area contributed by atoms with Gasteiger partial charge in [0.15, 0.2) is 0 Å². The molecule has 4 aliphatic rings. The highest BCUT2D eigenvalue weighted by Gasteiger charge is 2.73. The van der Waals surface area contributed by atoms with Crippen molar-refractivity contribution in [3.05, 3.63) is 120 Å². The van der Waals surface area contributed by atoms with Gasteiger partial charge in [0.05, 0.1) is 49.5 Å². The smallest absolute Gasteiger partial charge is 0.253 e. The molecular formula is C36H28F2N4O6. The van der Waals surface area contributed by atoms with Gasteiger partial charge in [0.25, 0.3) is 11.8 Å². The van der Waals surface area contributed by atoms with Crippen LogP contribution >= 0.6 is 0 Å². The van der Waals surface area contributed by atoms with Crippen LogP contribution in [0.25, 0.3) is 0 Å². The fourth-order valence-electron chi connectivity index (χ4n) is 7.79. The Kier molecular flexibility index (Phi) is 6.90. The Hall–Kier alpha value is -5.46. The zero-order valence-electron chi connectivity index (χ0n) is 25.7. The van der Waals surface area contributed by atoms with E-state index in [1.807, 2.05) is 0 Å². The summed E-state index contributed by atoms with van der Waals surface area (Å²) in [6, 6.07) is 20.4. The van der Waals surface area contributed by atoms with Crippen LogP contribution in [0.4, 0.5) is 20.2 Å². The number of carbonyl (C=O) groups excluding carboxylic acids is 4. The third-order valence-electron chi connectivity index (χ3n) is 9.81. The largest absolute Gasteiger partial charge is 0.497 e. The maximum atomic E-state index is 14.5. The van der Waals surface area contributed by atoms with Crippen LogP contribution in [-0.2, 0) is 19.2 Å². The molecular weight excluding hydrogens is 622 g/mol. The number of nitrogens with zero attached hydrogens (tertiary/aromatic N) is 4. The number of methoxy groups -OCH3 is 2. The van der Waals surface area contributed by atoms with E-state index in [1.165, 1.54) is 62.8 Å². The van der Waals surface area contributed by atoms with Gasteiger partial charge in [-0.3, -0.25) is 19.2 Å². The van der Waals surface area contributed by atoms with E-state index >= 15 is 0 Å². The number of hydrogen-bond donors (Lipinski definition) is 0. The molecule has 4 fully saturated rings. The summed E-state index contributed by atoms with van der Waals surface area (Å²) in [5.41, 5.74) is 1.70. The SMILES string of the molecule is COc1ccc(C2C3C(=O)N(c4ccc(F)cc4)C(=O)C3N3C(c4ccc(OC)cc4)C4C(=O)N(c5ccc(F)cc5)C(=O)C4N23)cc1. The van der Waals surface area contributed by atoms with Crippen molar-refractivity contribution in [2.75, 3.05) is 24.0 Å². The molecule has 4 aromatic carbocycles. The number of fused-ring (bicyclic) bond motifs is 5. The van der Waals surface area contributed by atoms with Crippen molar-refractivity contribution >= 4 is 35.0 Å². The molecule has 0 aromatic heterocycles. The van der Waals surface area contributed by atoms with Crippen LogP contribution in [0, 0.1) is 23.5 Å². The third kappa shape index (κ3) is 4.22. The Morgan fingerprint density at radius 2 is 0.792 bits per heavy atom. The lowest BCUT2D eigenvalue weighted by Gasteiger charge is -2.35. The molecule has 8 rings (SSSR count). The van der Waals surface area contributed by atoms with Crippen LogP contribution in [0.3, 0.4) is 0 Å². The molecule has 48 heavy (non-hydrogen) atoms. The summed E-state index contributed by atoms with van der Waals surface area (Å²) >= 11 is 0. The fraction of sp³-hybridized carbons (Fsp3) is 0.222. The summed E-state index contributed by atoms with van der Waals surface area (Å²) in [5.74, 6) is -3.99. The van der Waals surface area contributed by atoms with Crippen LogP contribution in [0.1, 0.15) is 23.2 Å². The summed E-state index contributed by atoms with van der Waals surface area (Å²) in [7, 11) is 3.05. The lowest BCUT2D eigenvalue weighted by molar-refractivity contribution is -0.136. The quantitative estimate of drug-likeness (QED) is 0.283. The Balaban J connectivity index is 1.32. The molecule has 0 N–H and O–H groups in total. The van der Waals surface area contributed by atoms with E-state index in [-0.39, 0.29) is 11.4 Å². The number of anilines is 2. The monoisotopic (exact) mass is 650 g/mol. The molecule has 0 radical (unpaired) electrons. The molecule has 4 aliphatic heterocycles. The lowest BCUT2D eigenvalue weighted by Crippen LogP contribution is -2.50. The van der Waals surface area contributed by atoms with Gasteiger partial charge in [0.2, 0.25) is 11.8 Å². The molecule has 10 nitrogen and oxygen atoms in total. The number of rotatable bonds is 6. The van der Waals surface area contributed by atoms with Crippen molar-refractivity contribution in [3.63, 3.8) is 0 Å². The Morgan fingerprint density at radius 3 is 1.10 bits per heavy atom. The second-order valence-electron chi connectivity index (χ2n) is 12.1. The molecule has 0 saturated carbocycles. The number of amides is 4. The molecule has 6 unspecified atom stereocenters. The van der Waals surface area contributed by atoms with Crippen molar-refractivity contribution in [2.45, 2.75) is 24.2 Å². The summed E-state index contributed by atoms with van der Waals surface area (Å²) in [5, 5.41) is 3.47. The van der Waals surface area contributed by atoms with Gasteiger partial charge in [-0.1, -0.05) is 24.3 Å². The molecule has 12 heteroatoms. The number of imide groups is 2. The molecule has 4 heterocycles. The summed E-state index contributed by atoms with van der Waals surface area (Å²) in [4.78, 5) is 59.9. The lowest BCUT2D eigenvalue weighted by atomic mass is 9.84. The maximum Gasteiger partial charge on any atom is 0.253 e. The zero-order chi connectivity index (χ0) is 33.4. The van der Waals surface area contributed by atoms with E-state index in [2.05, 4.69) is 0 Å². The molecule has 0 bridgehead atoms. The number of hydrazine groups is 1. The van der Waals surface area contributed by atoms with Crippen molar-refractivity contribution in [1.82, 2.24) is 10.0 Å². The van der Waals surface area contributed by atoms with Crippen molar-refractivity contribution < 1.29 is 37.4 Å². The molecule has 4 amide bonds. The third-order valence-corrected chi connectivity index (χ3v) is 9.81. The van der Waals surface area contributed by atoms with Gasteiger partial charge >= 0.3 is 0 Å². The van der Waals surface area contributed by atoms with Crippen LogP contribution < -0.4 is 19.3 Å². The topological polar surface area (TPSA) is 99.7 Å². The minimum absolute atomic E-state index is 0.218. The molecule has 0 aliphatic carbocycles. The highest BCUT2D eigenvalue weighted by Crippen LogP contribution is 2.59. The second-order valence-corrected chi connectivity index (χ2v) is 12.1.